The van der Waals surface area contributed by atoms with E-state index in [-0.39, 0.29) is 6.61 Å². The Morgan fingerprint density at radius 2 is 1.56 bits per heavy atom. The maximum absolute atomic E-state index is 13.2. The molecule has 2 nitrogen and oxygen atoms in total. The average molecular weight is 235 g/mol. The van der Waals surface area contributed by atoms with Crippen LogP contribution < -0.4 is 0 Å². The summed E-state index contributed by atoms with van der Waals surface area (Å²) in [6.07, 6.45) is 0. The first-order valence-corrected chi connectivity index (χ1v) is 4.26. The number of rotatable bonds is 2. The standard InChI is InChI=1S/C10H7F4O2/c1-3-16-10(15)5-8(13)6(11)4(2)7(12)9(5)14/h2-3H2,1H3. The largest absolute Gasteiger partial charge is 0.462 e. The molecule has 1 radical (unpaired) electrons. The summed E-state index contributed by atoms with van der Waals surface area (Å²) in [7, 11) is 0. The van der Waals surface area contributed by atoms with E-state index in [4.69, 9.17) is 0 Å². The van der Waals surface area contributed by atoms with Crippen LogP contribution in [0, 0.1) is 30.2 Å². The molecule has 1 aromatic carbocycles. The highest BCUT2D eigenvalue weighted by Gasteiger charge is 2.28. The molecule has 0 atom stereocenters. The van der Waals surface area contributed by atoms with Crippen molar-refractivity contribution in [2.24, 2.45) is 0 Å². The zero-order chi connectivity index (χ0) is 12.5. The first-order chi connectivity index (χ1) is 7.41. The van der Waals surface area contributed by atoms with Crippen LogP contribution in [-0.2, 0) is 4.74 Å². The van der Waals surface area contributed by atoms with E-state index < -0.39 is 40.4 Å². The molecule has 0 aromatic heterocycles. The lowest BCUT2D eigenvalue weighted by molar-refractivity contribution is 0.0512. The topological polar surface area (TPSA) is 26.3 Å². The second-order valence-electron chi connectivity index (χ2n) is 2.83. The van der Waals surface area contributed by atoms with Crippen molar-refractivity contribution in [2.45, 2.75) is 6.92 Å². The summed E-state index contributed by atoms with van der Waals surface area (Å²) >= 11 is 0. The number of halogens is 4. The fourth-order valence-corrected chi connectivity index (χ4v) is 1.06. The molecule has 0 aliphatic rings. The van der Waals surface area contributed by atoms with Crippen molar-refractivity contribution in [3.8, 4) is 0 Å². The third kappa shape index (κ3) is 1.87. The monoisotopic (exact) mass is 235 g/mol. The van der Waals surface area contributed by atoms with Gasteiger partial charge in [-0.15, -0.1) is 0 Å². The number of hydrogen-bond acceptors (Lipinski definition) is 2. The molecule has 6 heteroatoms. The van der Waals surface area contributed by atoms with E-state index in [1.165, 1.54) is 6.92 Å². The molecule has 0 N–H and O–H groups in total. The molecule has 16 heavy (non-hydrogen) atoms. The van der Waals surface area contributed by atoms with Crippen LogP contribution >= 0.6 is 0 Å². The maximum Gasteiger partial charge on any atom is 0.344 e. The maximum atomic E-state index is 13.2. The van der Waals surface area contributed by atoms with Crippen molar-refractivity contribution in [3.63, 3.8) is 0 Å². The zero-order valence-corrected chi connectivity index (χ0v) is 8.24. The third-order valence-corrected chi connectivity index (χ3v) is 1.83. The van der Waals surface area contributed by atoms with Crippen molar-refractivity contribution in [1.29, 1.82) is 0 Å². The average Bonchev–Trinajstić information content (AvgIpc) is 2.24. The Morgan fingerprint density at radius 1 is 1.12 bits per heavy atom. The predicted molar refractivity (Wildman–Crippen MR) is 46.7 cm³/mol. The van der Waals surface area contributed by atoms with Crippen LogP contribution in [0.5, 0.6) is 0 Å². The Morgan fingerprint density at radius 3 is 1.94 bits per heavy atom. The van der Waals surface area contributed by atoms with Crippen LogP contribution in [0.3, 0.4) is 0 Å². The van der Waals surface area contributed by atoms with Gasteiger partial charge in [0.2, 0.25) is 0 Å². The molecule has 0 unspecified atom stereocenters. The Hall–Kier alpha value is -1.59. The quantitative estimate of drug-likeness (QED) is 0.447. The molecular weight excluding hydrogens is 228 g/mol. The Bertz CT molecular complexity index is 414. The molecule has 87 valence electrons. The smallest absolute Gasteiger partial charge is 0.344 e. The van der Waals surface area contributed by atoms with Gasteiger partial charge in [0.1, 0.15) is 5.56 Å². The summed E-state index contributed by atoms with van der Waals surface area (Å²) in [5.74, 6) is -8.48. The fourth-order valence-electron chi connectivity index (χ4n) is 1.06. The van der Waals surface area contributed by atoms with Gasteiger partial charge in [0.25, 0.3) is 0 Å². The fraction of sp³-hybridized carbons (Fsp3) is 0.200. The van der Waals surface area contributed by atoms with Crippen LogP contribution in [0.1, 0.15) is 22.8 Å². The van der Waals surface area contributed by atoms with E-state index in [0.29, 0.717) is 0 Å². The van der Waals surface area contributed by atoms with Gasteiger partial charge in [0.15, 0.2) is 23.3 Å². The van der Waals surface area contributed by atoms with Crippen molar-refractivity contribution in [1.82, 2.24) is 0 Å². The van der Waals surface area contributed by atoms with Gasteiger partial charge < -0.3 is 4.74 Å². The van der Waals surface area contributed by atoms with Crippen LogP contribution in [0.2, 0.25) is 0 Å². The lowest BCUT2D eigenvalue weighted by Crippen LogP contribution is -2.14. The number of carbonyl (C=O) groups excluding carboxylic acids is 1. The molecule has 0 aliphatic carbocycles. The summed E-state index contributed by atoms with van der Waals surface area (Å²) in [4.78, 5) is 11.0. The lowest BCUT2D eigenvalue weighted by Gasteiger charge is -2.08. The van der Waals surface area contributed by atoms with Crippen LogP contribution in [0.15, 0.2) is 0 Å². The molecule has 0 bridgehead atoms. The van der Waals surface area contributed by atoms with Crippen molar-refractivity contribution in [2.75, 3.05) is 6.61 Å². The van der Waals surface area contributed by atoms with E-state index in [2.05, 4.69) is 11.7 Å². The summed E-state index contributed by atoms with van der Waals surface area (Å²) in [6, 6.07) is 0. The Balaban J connectivity index is 3.45. The summed E-state index contributed by atoms with van der Waals surface area (Å²) < 4.78 is 56.5. The third-order valence-electron chi connectivity index (χ3n) is 1.83. The highest BCUT2D eigenvalue weighted by molar-refractivity contribution is 5.90. The van der Waals surface area contributed by atoms with Gasteiger partial charge >= 0.3 is 5.97 Å². The zero-order valence-electron chi connectivity index (χ0n) is 8.24. The second kappa shape index (κ2) is 4.51. The van der Waals surface area contributed by atoms with Gasteiger partial charge in [0, 0.05) is 5.56 Å². The molecule has 1 rings (SSSR count). The summed E-state index contributed by atoms with van der Waals surface area (Å²) in [6.45, 7) is 4.02. The Labute approximate surface area is 88.8 Å². The van der Waals surface area contributed by atoms with Gasteiger partial charge in [-0.3, -0.25) is 0 Å². The first-order valence-electron chi connectivity index (χ1n) is 4.26. The van der Waals surface area contributed by atoms with Crippen molar-refractivity contribution < 1.29 is 27.1 Å². The number of esters is 1. The predicted octanol–water partition coefficient (Wildman–Crippen LogP) is 2.60. The van der Waals surface area contributed by atoms with E-state index in [1.54, 1.807) is 0 Å². The normalized spacial score (nSPS) is 10.4. The van der Waals surface area contributed by atoms with E-state index in [1.807, 2.05) is 0 Å². The van der Waals surface area contributed by atoms with Gasteiger partial charge in [-0.05, 0) is 13.8 Å². The van der Waals surface area contributed by atoms with Gasteiger partial charge in [-0.1, -0.05) is 0 Å². The van der Waals surface area contributed by atoms with E-state index in [9.17, 15) is 22.4 Å². The van der Waals surface area contributed by atoms with Crippen LogP contribution in [0.4, 0.5) is 17.6 Å². The van der Waals surface area contributed by atoms with Gasteiger partial charge in [-0.2, -0.15) is 0 Å². The molecule has 0 saturated carbocycles. The molecular formula is C10H7F4O2. The minimum absolute atomic E-state index is 0.174. The minimum Gasteiger partial charge on any atom is -0.462 e. The molecule has 1 aromatic rings. The molecule has 0 heterocycles. The number of hydrogen-bond donors (Lipinski definition) is 0. The second-order valence-corrected chi connectivity index (χ2v) is 2.83. The summed E-state index contributed by atoms with van der Waals surface area (Å²) in [5, 5.41) is 0. The van der Waals surface area contributed by atoms with Crippen LogP contribution in [0.25, 0.3) is 0 Å². The molecule has 0 fully saturated rings. The molecule has 0 amide bonds. The van der Waals surface area contributed by atoms with E-state index >= 15 is 0 Å². The van der Waals surface area contributed by atoms with E-state index in [0.717, 1.165) is 0 Å². The van der Waals surface area contributed by atoms with Crippen LogP contribution in [-0.4, -0.2) is 12.6 Å². The highest BCUT2D eigenvalue weighted by Crippen LogP contribution is 2.23. The van der Waals surface area contributed by atoms with Crippen molar-refractivity contribution >= 4 is 5.97 Å². The number of carbonyl (C=O) groups is 1. The number of ether oxygens (including phenoxy) is 1. The molecule has 0 aliphatic heterocycles. The molecule has 0 saturated heterocycles. The highest BCUT2D eigenvalue weighted by atomic mass is 19.2. The van der Waals surface area contributed by atoms with Crippen molar-refractivity contribution in [3.05, 3.63) is 41.3 Å². The molecule has 0 spiro atoms. The van der Waals surface area contributed by atoms with Gasteiger partial charge in [0.05, 0.1) is 6.61 Å². The minimum atomic E-state index is -1.80. The Kier molecular flexibility index (Phi) is 3.51. The van der Waals surface area contributed by atoms with Gasteiger partial charge in [-0.25, -0.2) is 22.4 Å². The summed E-state index contributed by atoms with van der Waals surface area (Å²) in [5.41, 5.74) is -2.45. The first kappa shape index (κ1) is 12.5. The SMILES string of the molecule is [CH2]c1c(F)c(F)c(C(=O)OCC)c(F)c1F. The lowest BCUT2D eigenvalue weighted by atomic mass is 10.1. The number of benzene rings is 1.